The Labute approximate surface area is 143 Å². The topological polar surface area (TPSA) is 91.8 Å². The van der Waals surface area contributed by atoms with E-state index in [0.29, 0.717) is 18.5 Å². The van der Waals surface area contributed by atoms with Gasteiger partial charge in [0.25, 0.3) is 5.91 Å². The highest BCUT2D eigenvalue weighted by atomic mass is 32.2. The maximum atomic E-state index is 12.6. The molecule has 7 nitrogen and oxygen atoms in total. The molecular formula is C15H22N2O5S2. The Morgan fingerprint density at radius 3 is 2.21 bits per heavy atom. The number of hydrogen-bond acceptors (Lipinski definition) is 5. The fraction of sp³-hybridized carbons (Fsp3) is 0.533. The lowest BCUT2D eigenvalue weighted by Gasteiger charge is -2.27. The van der Waals surface area contributed by atoms with Crippen LogP contribution in [0.2, 0.25) is 0 Å². The molecule has 1 aliphatic rings. The average Bonchev–Trinajstić information content (AvgIpc) is 2.87. The van der Waals surface area contributed by atoms with Crippen molar-refractivity contribution in [2.24, 2.45) is 0 Å². The number of sulfone groups is 1. The number of rotatable bonds is 5. The summed E-state index contributed by atoms with van der Waals surface area (Å²) < 4.78 is 48.5. The maximum absolute atomic E-state index is 12.6. The van der Waals surface area contributed by atoms with Crippen molar-refractivity contribution in [1.82, 2.24) is 9.21 Å². The van der Waals surface area contributed by atoms with Crippen LogP contribution in [0.4, 0.5) is 0 Å². The molecule has 24 heavy (non-hydrogen) atoms. The summed E-state index contributed by atoms with van der Waals surface area (Å²) in [6.45, 7) is 2.20. The summed E-state index contributed by atoms with van der Waals surface area (Å²) in [6.07, 6.45) is 0.439. The van der Waals surface area contributed by atoms with Crippen LogP contribution >= 0.6 is 0 Å². The van der Waals surface area contributed by atoms with Gasteiger partial charge < -0.3 is 4.90 Å². The Kier molecular flexibility index (Phi) is 5.36. The van der Waals surface area contributed by atoms with Gasteiger partial charge in [0.1, 0.15) is 0 Å². The van der Waals surface area contributed by atoms with Crippen molar-refractivity contribution >= 4 is 25.8 Å². The van der Waals surface area contributed by atoms with Crippen molar-refractivity contribution in [2.75, 3.05) is 32.1 Å². The molecule has 0 saturated carbocycles. The van der Waals surface area contributed by atoms with Crippen LogP contribution in [0.1, 0.15) is 23.7 Å². The minimum atomic E-state index is -3.55. The number of hydrogen-bond donors (Lipinski definition) is 0. The Morgan fingerprint density at radius 2 is 1.79 bits per heavy atom. The van der Waals surface area contributed by atoms with Gasteiger partial charge in [0.15, 0.2) is 9.84 Å². The summed E-state index contributed by atoms with van der Waals surface area (Å²) in [7, 11) is -3.75. The lowest BCUT2D eigenvalue weighted by Crippen LogP contribution is -2.41. The molecule has 0 aliphatic carbocycles. The second-order valence-electron chi connectivity index (χ2n) is 5.96. The second kappa shape index (κ2) is 6.81. The lowest BCUT2D eigenvalue weighted by atomic mass is 10.1. The molecule has 1 aromatic rings. The third-order valence-corrected chi connectivity index (χ3v) is 7.71. The third kappa shape index (κ3) is 3.79. The zero-order valence-corrected chi connectivity index (χ0v) is 15.6. The molecule has 134 valence electrons. The highest BCUT2D eigenvalue weighted by Crippen LogP contribution is 2.21. The lowest BCUT2D eigenvalue weighted by molar-refractivity contribution is 0.0708. The van der Waals surface area contributed by atoms with Gasteiger partial charge in [0.05, 0.1) is 16.4 Å². The highest BCUT2D eigenvalue weighted by molar-refractivity contribution is 7.91. The Hall–Kier alpha value is -1.45. The van der Waals surface area contributed by atoms with E-state index in [2.05, 4.69) is 0 Å². The van der Waals surface area contributed by atoms with Gasteiger partial charge in [0, 0.05) is 32.2 Å². The predicted octanol–water partition coefficient (Wildman–Crippen LogP) is 0.586. The molecule has 1 aliphatic heterocycles. The van der Waals surface area contributed by atoms with Gasteiger partial charge in [-0.2, -0.15) is 0 Å². The van der Waals surface area contributed by atoms with Crippen LogP contribution < -0.4 is 0 Å². The molecule has 0 aromatic heterocycles. The molecule has 0 unspecified atom stereocenters. The van der Waals surface area contributed by atoms with E-state index in [1.54, 1.807) is 11.8 Å². The van der Waals surface area contributed by atoms with Crippen LogP contribution in [0.15, 0.2) is 29.2 Å². The smallest absolute Gasteiger partial charge is 0.254 e. The molecule has 0 bridgehead atoms. The van der Waals surface area contributed by atoms with E-state index in [4.69, 9.17) is 0 Å². The molecule has 1 saturated heterocycles. The van der Waals surface area contributed by atoms with Gasteiger partial charge in [-0.3, -0.25) is 4.79 Å². The Bertz CT molecular complexity index is 814. The van der Waals surface area contributed by atoms with E-state index in [1.165, 1.54) is 38.4 Å². The van der Waals surface area contributed by atoms with E-state index in [9.17, 15) is 21.6 Å². The SMILES string of the molecule is CCN(C(=O)c1ccc(S(=O)(=O)N(C)C)cc1)[C@@H]1CCS(=O)(=O)C1. The van der Waals surface area contributed by atoms with Gasteiger partial charge in [-0.05, 0) is 37.6 Å². The minimum Gasteiger partial charge on any atom is -0.335 e. The zero-order valence-electron chi connectivity index (χ0n) is 14.0. The van der Waals surface area contributed by atoms with Gasteiger partial charge in [-0.25, -0.2) is 21.1 Å². The quantitative estimate of drug-likeness (QED) is 0.752. The number of benzene rings is 1. The third-order valence-electron chi connectivity index (χ3n) is 4.13. The first kappa shape index (κ1) is 18.9. The van der Waals surface area contributed by atoms with E-state index < -0.39 is 19.9 Å². The monoisotopic (exact) mass is 374 g/mol. The Morgan fingerprint density at radius 1 is 1.21 bits per heavy atom. The summed E-state index contributed by atoms with van der Waals surface area (Å²) in [5.41, 5.74) is 0.346. The van der Waals surface area contributed by atoms with Crippen molar-refractivity contribution < 1.29 is 21.6 Å². The van der Waals surface area contributed by atoms with Gasteiger partial charge in [-0.15, -0.1) is 0 Å². The highest BCUT2D eigenvalue weighted by Gasteiger charge is 2.34. The molecule has 2 rings (SSSR count). The summed E-state index contributed by atoms with van der Waals surface area (Å²) in [4.78, 5) is 14.3. The summed E-state index contributed by atoms with van der Waals surface area (Å²) in [6, 6.07) is 5.39. The van der Waals surface area contributed by atoms with Crippen LogP contribution in [0.5, 0.6) is 0 Å². The number of carbonyl (C=O) groups is 1. The largest absolute Gasteiger partial charge is 0.335 e. The zero-order chi connectivity index (χ0) is 18.1. The molecule has 1 aromatic carbocycles. The van der Waals surface area contributed by atoms with Crippen molar-refractivity contribution in [3.8, 4) is 0 Å². The van der Waals surface area contributed by atoms with Crippen molar-refractivity contribution in [3.05, 3.63) is 29.8 Å². The van der Waals surface area contributed by atoms with E-state index in [0.717, 1.165) is 4.31 Å². The standard InChI is InChI=1S/C15H22N2O5S2/c1-4-17(13-9-10-23(19,20)11-13)15(18)12-5-7-14(8-6-12)24(21,22)16(2)3/h5-8,13H,4,9-11H2,1-3H3/t13-/m1/s1. The number of amides is 1. The fourth-order valence-corrected chi connectivity index (χ4v) is 5.37. The second-order valence-corrected chi connectivity index (χ2v) is 10.3. The molecule has 1 atom stereocenters. The first-order valence-electron chi connectivity index (χ1n) is 7.62. The van der Waals surface area contributed by atoms with E-state index in [1.807, 2.05) is 0 Å². The first-order chi connectivity index (χ1) is 11.1. The van der Waals surface area contributed by atoms with Gasteiger partial charge >= 0.3 is 0 Å². The van der Waals surface area contributed by atoms with Crippen LogP contribution in [-0.2, 0) is 19.9 Å². The van der Waals surface area contributed by atoms with Crippen LogP contribution in [0.25, 0.3) is 0 Å². The van der Waals surface area contributed by atoms with Crippen molar-refractivity contribution in [3.63, 3.8) is 0 Å². The molecule has 9 heteroatoms. The maximum Gasteiger partial charge on any atom is 0.254 e. The Balaban J connectivity index is 2.23. The molecule has 0 N–H and O–H groups in total. The molecule has 0 radical (unpaired) electrons. The molecular weight excluding hydrogens is 352 g/mol. The van der Waals surface area contributed by atoms with Crippen molar-refractivity contribution in [2.45, 2.75) is 24.3 Å². The van der Waals surface area contributed by atoms with Crippen LogP contribution in [0.3, 0.4) is 0 Å². The normalized spacial score (nSPS) is 20.2. The number of carbonyl (C=O) groups excluding carboxylic acids is 1. The molecule has 1 amide bonds. The number of sulfonamides is 1. The predicted molar refractivity (Wildman–Crippen MR) is 91.1 cm³/mol. The summed E-state index contributed by atoms with van der Waals surface area (Å²) in [5.74, 6) is -0.199. The van der Waals surface area contributed by atoms with Crippen LogP contribution in [-0.4, -0.2) is 70.1 Å². The van der Waals surface area contributed by atoms with Gasteiger partial charge in [-0.1, -0.05) is 0 Å². The van der Waals surface area contributed by atoms with E-state index >= 15 is 0 Å². The summed E-state index contributed by atoms with van der Waals surface area (Å²) >= 11 is 0. The van der Waals surface area contributed by atoms with Gasteiger partial charge in [0.2, 0.25) is 10.0 Å². The van der Waals surface area contributed by atoms with E-state index in [-0.39, 0.29) is 28.4 Å². The molecule has 0 spiro atoms. The average molecular weight is 374 g/mol. The fourth-order valence-electron chi connectivity index (χ4n) is 2.73. The van der Waals surface area contributed by atoms with Crippen LogP contribution in [0, 0.1) is 0 Å². The summed E-state index contributed by atoms with van der Waals surface area (Å²) in [5, 5.41) is 0. The molecule has 1 heterocycles. The first-order valence-corrected chi connectivity index (χ1v) is 10.9. The van der Waals surface area contributed by atoms with Crippen molar-refractivity contribution in [1.29, 1.82) is 0 Å². The minimum absolute atomic E-state index is 0.0142. The number of nitrogens with zero attached hydrogens (tertiary/aromatic N) is 2. The molecule has 1 fully saturated rings.